The van der Waals surface area contributed by atoms with Gasteiger partial charge in [-0.2, -0.15) is 4.98 Å². The lowest BCUT2D eigenvalue weighted by molar-refractivity contribution is 0.0702. The summed E-state index contributed by atoms with van der Waals surface area (Å²) in [5.74, 6) is 1.15. The van der Waals surface area contributed by atoms with Crippen LogP contribution in [0.4, 0.5) is 0 Å². The molecule has 1 N–H and O–H groups in total. The van der Waals surface area contributed by atoms with Crippen molar-refractivity contribution in [3.05, 3.63) is 28.0 Å². The smallest absolute Gasteiger partial charge is 0.346 e. The molecule has 18 heavy (non-hydrogen) atoms. The van der Waals surface area contributed by atoms with Crippen molar-refractivity contribution in [2.24, 2.45) is 0 Å². The van der Waals surface area contributed by atoms with E-state index in [-0.39, 0.29) is 11.5 Å². The van der Waals surface area contributed by atoms with E-state index in [9.17, 15) is 4.79 Å². The first-order chi connectivity index (χ1) is 8.72. The van der Waals surface area contributed by atoms with Crippen LogP contribution in [0.1, 0.15) is 40.1 Å². The molecule has 0 spiro atoms. The van der Waals surface area contributed by atoms with Crippen LogP contribution in [0.5, 0.6) is 5.75 Å². The van der Waals surface area contributed by atoms with Gasteiger partial charge in [-0.25, -0.2) is 4.79 Å². The number of carboxylic acid groups (broad SMARTS) is 1. The topological polar surface area (TPSA) is 85.5 Å². The van der Waals surface area contributed by atoms with Gasteiger partial charge in [0.1, 0.15) is 10.6 Å². The van der Waals surface area contributed by atoms with Gasteiger partial charge in [0.25, 0.3) is 5.89 Å². The number of aromatic nitrogens is 2. The quantitative estimate of drug-likeness (QED) is 0.893. The Hall–Kier alpha value is -1.89. The maximum Gasteiger partial charge on any atom is 0.346 e. The van der Waals surface area contributed by atoms with Gasteiger partial charge in [-0.15, -0.1) is 11.3 Å². The number of ether oxygens (including phenoxy) is 1. The summed E-state index contributed by atoms with van der Waals surface area (Å²) in [6.45, 7) is 0.162. The van der Waals surface area contributed by atoms with Crippen LogP contribution in [0.15, 0.2) is 16.0 Å². The van der Waals surface area contributed by atoms with Crippen molar-refractivity contribution in [3.63, 3.8) is 0 Å². The van der Waals surface area contributed by atoms with Gasteiger partial charge in [0, 0.05) is 17.4 Å². The molecule has 1 aliphatic carbocycles. The molecule has 1 saturated carbocycles. The van der Waals surface area contributed by atoms with Crippen molar-refractivity contribution in [2.45, 2.75) is 25.4 Å². The Morgan fingerprint density at radius 3 is 3.11 bits per heavy atom. The molecule has 94 valence electrons. The second-order valence-corrected chi connectivity index (χ2v) is 4.97. The predicted molar refractivity (Wildman–Crippen MR) is 61.9 cm³/mol. The molecule has 7 heteroatoms. The van der Waals surface area contributed by atoms with E-state index in [4.69, 9.17) is 14.4 Å². The molecule has 0 atom stereocenters. The number of hydrogen-bond donors (Lipinski definition) is 1. The van der Waals surface area contributed by atoms with Crippen LogP contribution in [0.3, 0.4) is 0 Å². The second kappa shape index (κ2) is 4.41. The molecule has 3 rings (SSSR count). The monoisotopic (exact) mass is 266 g/mol. The number of carboxylic acids is 1. The summed E-state index contributed by atoms with van der Waals surface area (Å²) in [5, 5.41) is 14.3. The Kier molecular flexibility index (Phi) is 2.75. The fourth-order valence-corrected chi connectivity index (χ4v) is 2.15. The van der Waals surface area contributed by atoms with Crippen LogP contribution in [0.25, 0.3) is 0 Å². The van der Waals surface area contributed by atoms with Crippen LogP contribution in [-0.2, 0) is 6.61 Å². The molecule has 0 radical (unpaired) electrons. The van der Waals surface area contributed by atoms with Crippen LogP contribution in [0, 0.1) is 0 Å². The first-order valence-corrected chi connectivity index (χ1v) is 6.37. The standard InChI is InChI=1S/C11H10N2O4S/c14-11(15)8-3-7(5-18-8)16-4-9-12-10(13-17-9)6-1-2-6/h3,5-6H,1-2,4H2,(H,14,15). The molecule has 2 aromatic heterocycles. The van der Waals surface area contributed by atoms with Crippen molar-refractivity contribution in [1.82, 2.24) is 10.1 Å². The minimum absolute atomic E-state index is 0.162. The summed E-state index contributed by atoms with van der Waals surface area (Å²) in [5.41, 5.74) is 0. The van der Waals surface area contributed by atoms with Crippen molar-refractivity contribution in [3.8, 4) is 5.75 Å². The average Bonchev–Trinajstić information content (AvgIpc) is 2.92. The Morgan fingerprint density at radius 1 is 1.61 bits per heavy atom. The van der Waals surface area contributed by atoms with Gasteiger partial charge in [0.05, 0.1) is 0 Å². The van der Waals surface area contributed by atoms with E-state index in [2.05, 4.69) is 10.1 Å². The maximum atomic E-state index is 10.7. The number of nitrogens with zero attached hydrogens (tertiary/aromatic N) is 2. The van der Waals surface area contributed by atoms with E-state index in [1.54, 1.807) is 5.38 Å². The first kappa shape index (κ1) is 11.2. The molecule has 1 aliphatic rings. The summed E-state index contributed by atoms with van der Waals surface area (Å²) in [6.07, 6.45) is 2.23. The van der Waals surface area contributed by atoms with Crippen LogP contribution in [-0.4, -0.2) is 21.2 Å². The normalized spacial score (nSPS) is 14.7. The highest BCUT2D eigenvalue weighted by Gasteiger charge is 2.28. The molecule has 0 unspecified atom stereocenters. The van der Waals surface area contributed by atoms with Crippen molar-refractivity contribution < 1.29 is 19.2 Å². The third-order valence-electron chi connectivity index (χ3n) is 2.57. The van der Waals surface area contributed by atoms with Gasteiger partial charge in [-0.05, 0) is 12.8 Å². The van der Waals surface area contributed by atoms with Crippen molar-refractivity contribution >= 4 is 17.3 Å². The predicted octanol–water partition coefficient (Wildman–Crippen LogP) is 2.29. The summed E-state index contributed by atoms with van der Waals surface area (Å²) in [4.78, 5) is 15.1. The largest absolute Gasteiger partial charge is 0.483 e. The fraction of sp³-hybridized carbons (Fsp3) is 0.364. The highest BCUT2D eigenvalue weighted by atomic mass is 32.1. The molecule has 2 heterocycles. The van der Waals surface area contributed by atoms with E-state index < -0.39 is 5.97 Å². The lowest BCUT2D eigenvalue weighted by Gasteiger charge is -1.97. The van der Waals surface area contributed by atoms with Gasteiger partial charge in [-0.1, -0.05) is 5.16 Å². The van der Waals surface area contributed by atoms with Gasteiger partial charge in [-0.3, -0.25) is 0 Å². The van der Waals surface area contributed by atoms with E-state index in [0.717, 1.165) is 30.0 Å². The number of aromatic carboxylic acids is 1. The number of thiophene rings is 1. The molecule has 1 fully saturated rings. The molecule has 0 aliphatic heterocycles. The van der Waals surface area contributed by atoms with E-state index in [1.807, 2.05) is 0 Å². The van der Waals surface area contributed by atoms with Crippen molar-refractivity contribution in [2.75, 3.05) is 0 Å². The molecule has 0 bridgehead atoms. The van der Waals surface area contributed by atoms with Crippen LogP contribution < -0.4 is 4.74 Å². The van der Waals surface area contributed by atoms with E-state index >= 15 is 0 Å². The Balaban J connectivity index is 1.60. The molecule has 2 aromatic rings. The maximum absolute atomic E-state index is 10.7. The number of carbonyl (C=O) groups is 1. The number of rotatable bonds is 5. The summed E-state index contributed by atoms with van der Waals surface area (Å²) in [7, 11) is 0. The second-order valence-electron chi connectivity index (χ2n) is 4.06. The van der Waals surface area contributed by atoms with Gasteiger partial charge in [0.15, 0.2) is 12.4 Å². The molecule has 6 nitrogen and oxygen atoms in total. The zero-order valence-corrected chi connectivity index (χ0v) is 10.1. The summed E-state index contributed by atoms with van der Waals surface area (Å²) in [6, 6.07) is 1.48. The minimum Gasteiger partial charge on any atom is -0.483 e. The SMILES string of the molecule is O=C(O)c1cc(OCc2nc(C3CC3)no2)cs1. The highest BCUT2D eigenvalue weighted by Crippen LogP contribution is 2.38. The van der Waals surface area contributed by atoms with E-state index in [1.165, 1.54) is 6.07 Å². The third kappa shape index (κ3) is 2.35. The summed E-state index contributed by atoms with van der Waals surface area (Å²) < 4.78 is 10.4. The Bertz CT molecular complexity index is 573. The lowest BCUT2D eigenvalue weighted by atomic mass is 10.4. The first-order valence-electron chi connectivity index (χ1n) is 5.49. The molecule has 0 amide bonds. The molecule has 0 saturated heterocycles. The minimum atomic E-state index is -0.955. The van der Waals surface area contributed by atoms with Crippen LogP contribution >= 0.6 is 11.3 Å². The Morgan fingerprint density at radius 2 is 2.44 bits per heavy atom. The lowest BCUT2D eigenvalue weighted by Crippen LogP contribution is -1.95. The molecular formula is C11H10N2O4S. The third-order valence-corrected chi connectivity index (χ3v) is 3.47. The van der Waals surface area contributed by atoms with Crippen molar-refractivity contribution in [1.29, 1.82) is 0 Å². The highest BCUT2D eigenvalue weighted by molar-refractivity contribution is 7.12. The van der Waals surface area contributed by atoms with Gasteiger partial charge < -0.3 is 14.4 Å². The average molecular weight is 266 g/mol. The molecule has 0 aromatic carbocycles. The van der Waals surface area contributed by atoms with E-state index in [0.29, 0.717) is 17.6 Å². The Labute approximate surface area is 106 Å². The fourth-order valence-electron chi connectivity index (χ4n) is 1.49. The zero-order chi connectivity index (χ0) is 12.5. The number of hydrogen-bond acceptors (Lipinski definition) is 6. The van der Waals surface area contributed by atoms with Gasteiger partial charge in [0.2, 0.25) is 0 Å². The molecular weight excluding hydrogens is 256 g/mol. The summed E-state index contributed by atoms with van der Waals surface area (Å²) >= 11 is 1.12. The van der Waals surface area contributed by atoms with Crippen LogP contribution in [0.2, 0.25) is 0 Å². The van der Waals surface area contributed by atoms with Gasteiger partial charge >= 0.3 is 5.97 Å². The zero-order valence-electron chi connectivity index (χ0n) is 9.33.